The molecule has 0 aliphatic heterocycles. The molecule has 0 aliphatic carbocycles. The van der Waals surface area contributed by atoms with Crippen LogP contribution in [0.25, 0.3) is 6.08 Å². The molecule has 0 heterocycles. The quantitative estimate of drug-likeness (QED) is 0.683. The van der Waals surface area contributed by atoms with Gasteiger partial charge in [0, 0.05) is 25.2 Å². The summed E-state index contributed by atoms with van der Waals surface area (Å²) in [5.74, 6) is 1.21. The largest absolute Gasteiger partial charge is 0.497 e. The van der Waals surface area contributed by atoms with Gasteiger partial charge in [0.2, 0.25) is 5.91 Å². The van der Waals surface area contributed by atoms with Crippen LogP contribution in [0.1, 0.15) is 11.1 Å². The smallest absolute Gasteiger partial charge is 0.246 e. The van der Waals surface area contributed by atoms with Gasteiger partial charge in [0.15, 0.2) is 0 Å². The first-order valence-electron chi connectivity index (χ1n) is 7.53. The molecule has 2 aromatic rings. The summed E-state index contributed by atoms with van der Waals surface area (Å²) >= 11 is 11.9. The Hall–Kier alpha value is -2.17. The Morgan fingerprint density at radius 2 is 1.84 bits per heavy atom. The zero-order valence-corrected chi connectivity index (χ0v) is 15.8. The van der Waals surface area contributed by atoms with E-state index in [-0.39, 0.29) is 5.91 Å². The van der Waals surface area contributed by atoms with E-state index >= 15 is 0 Å². The number of carbonyl (C=O) groups excluding carboxylic acids is 1. The lowest BCUT2D eigenvalue weighted by Crippen LogP contribution is -2.24. The summed E-state index contributed by atoms with van der Waals surface area (Å²) in [4.78, 5) is 13.9. The topological polar surface area (TPSA) is 38.8 Å². The third kappa shape index (κ3) is 5.15. The van der Waals surface area contributed by atoms with Crippen LogP contribution in [0.5, 0.6) is 11.5 Å². The summed E-state index contributed by atoms with van der Waals surface area (Å²) in [6, 6.07) is 10.7. The van der Waals surface area contributed by atoms with Crippen molar-refractivity contribution in [3.05, 3.63) is 63.6 Å². The summed E-state index contributed by atoms with van der Waals surface area (Å²) in [6.07, 6.45) is 3.20. The maximum Gasteiger partial charge on any atom is 0.246 e. The summed E-state index contributed by atoms with van der Waals surface area (Å²) in [6.45, 7) is 0.426. The normalized spacial score (nSPS) is 10.8. The Balaban J connectivity index is 2.10. The average molecular weight is 380 g/mol. The molecule has 1 amide bonds. The fourth-order valence-corrected chi connectivity index (χ4v) is 2.57. The van der Waals surface area contributed by atoms with Crippen molar-refractivity contribution >= 4 is 35.2 Å². The van der Waals surface area contributed by atoms with E-state index in [1.165, 1.54) is 6.08 Å². The molecule has 0 radical (unpaired) electrons. The van der Waals surface area contributed by atoms with Crippen LogP contribution >= 0.6 is 23.2 Å². The molecule has 0 unspecified atom stereocenters. The highest BCUT2D eigenvalue weighted by atomic mass is 35.5. The molecule has 0 spiro atoms. The van der Waals surface area contributed by atoms with Gasteiger partial charge >= 0.3 is 0 Å². The molecule has 25 heavy (non-hydrogen) atoms. The number of hydrogen-bond donors (Lipinski definition) is 0. The van der Waals surface area contributed by atoms with Crippen molar-refractivity contribution in [3.8, 4) is 11.5 Å². The zero-order valence-electron chi connectivity index (χ0n) is 14.3. The number of halogens is 2. The van der Waals surface area contributed by atoms with Gasteiger partial charge in [-0.1, -0.05) is 29.3 Å². The molecule has 132 valence electrons. The Labute approximate surface area is 157 Å². The number of likely N-dealkylation sites (N-methyl/N-ethyl adjacent to an activating group) is 1. The summed E-state index contributed by atoms with van der Waals surface area (Å²) in [5.41, 5.74) is 1.66. The van der Waals surface area contributed by atoms with Gasteiger partial charge in [0.1, 0.15) is 11.5 Å². The molecule has 2 rings (SSSR count). The van der Waals surface area contributed by atoms with Crippen molar-refractivity contribution in [1.29, 1.82) is 0 Å². The molecule has 0 aliphatic rings. The Kier molecular flexibility index (Phi) is 6.73. The maximum absolute atomic E-state index is 12.3. The molecular formula is C19H19Cl2NO3. The van der Waals surface area contributed by atoms with Gasteiger partial charge in [0.25, 0.3) is 0 Å². The average Bonchev–Trinajstić information content (AvgIpc) is 2.62. The fraction of sp³-hybridized carbons (Fsp3) is 0.211. The molecule has 6 heteroatoms. The van der Waals surface area contributed by atoms with Crippen LogP contribution in [0.3, 0.4) is 0 Å². The molecule has 2 aromatic carbocycles. The molecule has 0 aromatic heterocycles. The molecule has 0 bridgehead atoms. The minimum Gasteiger partial charge on any atom is -0.497 e. The Morgan fingerprint density at radius 3 is 2.48 bits per heavy atom. The first-order valence-corrected chi connectivity index (χ1v) is 8.29. The van der Waals surface area contributed by atoms with Crippen LogP contribution in [0.4, 0.5) is 0 Å². The van der Waals surface area contributed by atoms with Gasteiger partial charge in [0.05, 0.1) is 24.3 Å². The second kappa shape index (κ2) is 8.79. The molecule has 0 saturated carbocycles. The standard InChI is InChI=1S/C19H19Cl2NO3/c1-22(12-13-4-7-16(20)17(21)10-13)19(23)9-5-14-11-15(24-2)6-8-18(14)25-3/h4-11H,12H2,1-3H3. The van der Waals surface area contributed by atoms with Gasteiger partial charge in [-0.15, -0.1) is 0 Å². The van der Waals surface area contributed by atoms with Crippen LogP contribution in [0, 0.1) is 0 Å². The summed E-state index contributed by atoms with van der Waals surface area (Å²) in [5, 5.41) is 0.959. The van der Waals surface area contributed by atoms with E-state index in [0.717, 1.165) is 11.1 Å². The Bertz CT molecular complexity index is 790. The summed E-state index contributed by atoms with van der Waals surface area (Å²) in [7, 11) is 4.89. The predicted molar refractivity (Wildman–Crippen MR) is 102 cm³/mol. The van der Waals surface area contributed by atoms with E-state index in [4.69, 9.17) is 32.7 Å². The highest BCUT2D eigenvalue weighted by Gasteiger charge is 2.08. The van der Waals surface area contributed by atoms with Gasteiger partial charge < -0.3 is 14.4 Å². The molecule has 0 saturated heterocycles. The van der Waals surface area contributed by atoms with Gasteiger partial charge in [-0.2, -0.15) is 0 Å². The number of carbonyl (C=O) groups is 1. The van der Waals surface area contributed by atoms with Gasteiger partial charge in [-0.3, -0.25) is 4.79 Å². The second-order valence-electron chi connectivity index (χ2n) is 5.38. The molecular weight excluding hydrogens is 361 g/mol. The van der Waals surface area contributed by atoms with E-state index in [0.29, 0.717) is 28.1 Å². The first kappa shape index (κ1) is 19.2. The van der Waals surface area contributed by atoms with Crippen LogP contribution < -0.4 is 9.47 Å². The van der Waals surface area contributed by atoms with Crippen molar-refractivity contribution in [3.63, 3.8) is 0 Å². The van der Waals surface area contributed by atoms with Crippen molar-refractivity contribution in [2.75, 3.05) is 21.3 Å². The van der Waals surface area contributed by atoms with Crippen LogP contribution in [-0.2, 0) is 11.3 Å². The fourth-order valence-electron chi connectivity index (χ4n) is 2.25. The molecule has 0 atom stereocenters. The third-order valence-electron chi connectivity index (χ3n) is 3.62. The van der Waals surface area contributed by atoms with Crippen molar-refractivity contribution < 1.29 is 14.3 Å². The van der Waals surface area contributed by atoms with Gasteiger partial charge in [-0.25, -0.2) is 0 Å². The van der Waals surface area contributed by atoms with Crippen LogP contribution in [0.2, 0.25) is 10.0 Å². The predicted octanol–water partition coefficient (Wildman–Crippen LogP) is 4.68. The highest BCUT2D eigenvalue weighted by molar-refractivity contribution is 6.42. The first-order chi connectivity index (χ1) is 11.9. The lowest BCUT2D eigenvalue weighted by atomic mass is 10.1. The van der Waals surface area contributed by atoms with Crippen LogP contribution in [-0.4, -0.2) is 32.1 Å². The molecule has 0 N–H and O–H groups in total. The van der Waals surface area contributed by atoms with E-state index in [1.807, 2.05) is 12.1 Å². The second-order valence-corrected chi connectivity index (χ2v) is 6.20. The number of benzene rings is 2. The lowest BCUT2D eigenvalue weighted by molar-refractivity contribution is -0.125. The van der Waals surface area contributed by atoms with Crippen molar-refractivity contribution in [2.45, 2.75) is 6.54 Å². The Morgan fingerprint density at radius 1 is 1.08 bits per heavy atom. The third-order valence-corrected chi connectivity index (χ3v) is 4.36. The van der Waals surface area contributed by atoms with Crippen molar-refractivity contribution in [1.82, 2.24) is 4.90 Å². The van der Waals surface area contributed by atoms with E-state index < -0.39 is 0 Å². The molecule has 0 fully saturated rings. The SMILES string of the molecule is COc1ccc(OC)c(C=CC(=O)N(C)Cc2ccc(Cl)c(Cl)c2)c1. The number of hydrogen-bond acceptors (Lipinski definition) is 3. The lowest BCUT2D eigenvalue weighted by Gasteiger charge is -2.15. The minimum atomic E-state index is -0.143. The number of rotatable bonds is 6. The van der Waals surface area contributed by atoms with E-state index in [9.17, 15) is 4.79 Å². The van der Waals surface area contributed by atoms with Gasteiger partial charge in [-0.05, 0) is 42.0 Å². The van der Waals surface area contributed by atoms with E-state index in [1.54, 1.807) is 56.5 Å². The number of nitrogens with zero attached hydrogens (tertiary/aromatic N) is 1. The maximum atomic E-state index is 12.3. The highest BCUT2D eigenvalue weighted by Crippen LogP contribution is 2.25. The van der Waals surface area contributed by atoms with E-state index in [2.05, 4.69) is 0 Å². The number of amides is 1. The summed E-state index contributed by atoms with van der Waals surface area (Å²) < 4.78 is 10.5. The van der Waals surface area contributed by atoms with Crippen molar-refractivity contribution in [2.24, 2.45) is 0 Å². The number of methoxy groups -OCH3 is 2. The monoisotopic (exact) mass is 379 g/mol. The number of ether oxygens (including phenoxy) is 2. The molecule has 4 nitrogen and oxygen atoms in total. The zero-order chi connectivity index (χ0) is 18.4. The minimum absolute atomic E-state index is 0.143. The van der Waals surface area contributed by atoms with Crippen LogP contribution in [0.15, 0.2) is 42.5 Å².